The minimum atomic E-state index is 0.0911. The first kappa shape index (κ1) is 15.9. The summed E-state index contributed by atoms with van der Waals surface area (Å²) < 4.78 is 1.80. The molecule has 0 bridgehead atoms. The zero-order valence-electron chi connectivity index (χ0n) is 13.9. The molecule has 2 aromatic heterocycles. The lowest BCUT2D eigenvalue weighted by Gasteiger charge is -2.19. The molecule has 5 heteroatoms. The lowest BCUT2D eigenvalue weighted by atomic mass is 9.88. The van der Waals surface area contributed by atoms with E-state index in [4.69, 9.17) is 4.98 Å². The van der Waals surface area contributed by atoms with Crippen LogP contribution in [0.2, 0.25) is 0 Å². The topological polar surface area (TPSA) is 34.9 Å². The summed E-state index contributed by atoms with van der Waals surface area (Å²) in [5.41, 5.74) is 2.25. The van der Waals surface area contributed by atoms with Gasteiger partial charge in [-0.05, 0) is 48.6 Å². The van der Waals surface area contributed by atoms with Crippen LogP contribution in [0.25, 0.3) is 15.9 Å². The Morgan fingerprint density at radius 2 is 2.12 bits per heavy atom. The highest BCUT2D eigenvalue weighted by Crippen LogP contribution is 2.40. The van der Waals surface area contributed by atoms with Gasteiger partial charge in [0.2, 0.25) is 0 Å². The molecule has 2 heterocycles. The summed E-state index contributed by atoms with van der Waals surface area (Å²) in [5.74, 6) is 1.35. The number of benzene rings is 1. The maximum Gasteiger partial charge on any atom is 0.267 e. The third kappa shape index (κ3) is 2.50. The molecule has 0 fully saturated rings. The van der Waals surface area contributed by atoms with E-state index in [-0.39, 0.29) is 5.56 Å². The SMILES string of the molecule is CCSc1nc2sc3c(c2c(=O)n1-c1ccccc1)C(C)CCC3. The number of aromatic nitrogens is 2. The molecule has 1 aromatic carbocycles. The van der Waals surface area contributed by atoms with E-state index in [0.29, 0.717) is 5.92 Å². The molecule has 1 aliphatic rings. The van der Waals surface area contributed by atoms with Gasteiger partial charge in [0.15, 0.2) is 5.16 Å². The number of para-hydroxylation sites is 1. The summed E-state index contributed by atoms with van der Waals surface area (Å²) in [6.45, 7) is 4.34. The van der Waals surface area contributed by atoms with E-state index in [1.54, 1.807) is 27.7 Å². The van der Waals surface area contributed by atoms with Crippen molar-refractivity contribution in [1.29, 1.82) is 0 Å². The van der Waals surface area contributed by atoms with Crippen LogP contribution in [0.1, 0.15) is 43.0 Å². The molecule has 24 heavy (non-hydrogen) atoms. The van der Waals surface area contributed by atoms with Crippen LogP contribution in [0, 0.1) is 0 Å². The minimum absolute atomic E-state index is 0.0911. The largest absolute Gasteiger partial charge is 0.268 e. The molecule has 1 unspecified atom stereocenters. The first-order valence-corrected chi connectivity index (χ1v) is 10.3. The van der Waals surface area contributed by atoms with E-state index in [9.17, 15) is 4.79 Å². The summed E-state index contributed by atoms with van der Waals surface area (Å²) >= 11 is 3.35. The van der Waals surface area contributed by atoms with Gasteiger partial charge in [0.05, 0.1) is 11.1 Å². The zero-order chi connectivity index (χ0) is 16.7. The summed E-state index contributed by atoms with van der Waals surface area (Å²) in [5, 5.41) is 1.65. The van der Waals surface area contributed by atoms with Crippen molar-refractivity contribution in [2.24, 2.45) is 0 Å². The molecule has 4 rings (SSSR count). The number of rotatable bonds is 3. The van der Waals surface area contributed by atoms with Crippen LogP contribution in [0.15, 0.2) is 40.3 Å². The predicted octanol–water partition coefficient (Wildman–Crippen LogP) is 5.00. The fraction of sp³-hybridized carbons (Fsp3) is 0.368. The maximum atomic E-state index is 13.4. The number of fused-ring (bicyclic) bond motifs is 3. The summed E-state index contributed by atoms with van der Waals surface area (Å²) in [4.78, 5) is 20.6. The first-order chi connectivity index (χ1) is 11.7. The molecule has 0 saturated heterocycles. The van der Waals surface area contributed by atoms with Crippen molar-refractivity contribution in [2.75, 3.05) is 5.75 Å². The van der Waals surface area contributed by atoms with Gasteiger partial charge in [0.1, 0.15) is 4.83 Å². The minimum Gasteiger partial charge on any atom is -0.268 e. The number of hydrogen-bond acceptors (Lipinski definition) is 4. The highest BCUT2D eigenvalue weighted by atomic mass is 32.2. The van der Waals surface area contributed by atoms with Crippen LogP contribution in [-0.2, 0) is 6.42 Å². The Morgan fingerprint density at radius 1 is 1.33 bits per heavy atom. The van der Waals surface area contributed by atoms with Crippen LogP contribution in [-0.4, -0.2) is 15.3 Å². The molecular formula is C19H20N2OS2. The Morgan fingerprint density at radius 3 is 2.88 bits per heavy atom. The van der Waals surface area contributed by atoms with Gasteiger partial charge < -0.3 is 0 Å². The van der Waals surface area contributed by atoms with Gasteiger partial charge in [-0.25, -0.2) is 4.98 Å². The fourth-order valence-electron chi connectivity index (χ4n) is 3.55. The number of hydrogen-bond donors (Lipinski definition) is 0. The number of nitrogens with zero attached hydrogens (tertiary/aromatic N) is 2. The third-order valence-corrected chi connectivity index (χ3v) is 6.61. The van der Waals surface area contributed by atoms with Gasteiger partial charge in [0.25, 0.3) is 5.56 Å². The van der Waals surface area contributed by atoms with Crippen LogP contribution < -0.4 is 5.56 Å². The van der Waals surface area contributed by atoms with Gasteiger partial charge in [-0.15, -0.1) is 11.3 Å². The van der Waals surface area contributed by atoms with Crippen molar-refractivity contribution in [2.45, 2.75) is 44.2 Å². The molecule has 0 radical (unpaired) electrons. The molecule has 0 amide bonds. The fourth-order valence-corrected chi connectivity index (χ4v) is 5.66. The second-order valence-corrected chi connectivity index (χ2v) is 8.53. The molecule has 3 aromatic rings. The molecule has 0 aliphatic heterocycles. The van der Waals surface area contributed by atoms with Crippen LogP contribution in [0.4, 0.5) is 0 Å². The molecule has 3 nitrogen and oxygen atoms in total. The van der Waals surface area contributed by atoms with Crippen LogP contribution in [0.5, 0.6) is 0 Å². The van der Waals surface area contributed by atoms with Gasteiger partial charge >= 0.3 is 0 Å². The smallest absolute Gasteiger partial charge is 0.267 e. The van der Waals surface area contributed by atoms with E-state index in [1.807, 2.05) is 30.3 Å². The maximum absolute atomic E-state index is 13.4. The van der Waals surface area contributed by atoms with Crippen molar-refractivity contribution >= 4 is 33.3 Å². The summed E-state index contributed by atoms with van der Waals surface area (Å²) in [7, 11) is 0. The Kier molecular flexibility index (Phi) is 4.22. The summed E-state index contributed by atoms with van der Waals surface area (Å²) in [6.07, 6.45) is 3.46. The molecule has 0 N–H and O–H groups in total. The predicted molar refractivity (Wildman–Crippen MR) is 103 cm³/mol. The van der Waals surface area contributed by atoms with E-state index < -0.39 is 0 Å². The third-order valence-electron chi connectivity index (χ3n) is 4.63. The van der Waals surface area contributed by atoms with Gasteiger partial charge in [-0.1, -0.05) is 43.8 Å². The molecule has 0 spiro atoms. The standard InChI is InChI=1S/C19H20N2OS2/c1-3-23-19-20-17-16(15-12(2)8-7-11-14(15)24-17)18(22)21(19)13-9-5-4-6-10-13/h4-6,9-10,12H,3,7-8,11H2,1-2H3. The van der Waals surface area contributed by atoms with Gasteiger partial charge in [-0.2, -0.15) is 0 Å². The Labute approximate surface area is 149 Å². The molecule has 1 aliphatic carbocycles. The average molecular weight is 357 g/mol. The molecular weight excluding hydrogens is 336 g/mol. The van der Waals surface area contributed by atoms with E-state index in [2.05, 4.69) is 13.8 Å². The Hall–Kier alpha value is -1.59. The van der Waals surface area contributed by atoms with Gasteiger partial charge in [-0.3, -0.25) is 9.36 Å². The quantitative estimate of drug-likeness (QED) is 0.489. The normalized spacial score (nSPS) is 17.2. The van der Waals surface area contributed by atoms with Gasteiger partial charge in [0, 0.05) is 4.88 Å². The molecule has 124 valence electrons. The number of thioether (sulfide) groups is 1. The highest BCUT2D eigenvalue weighted by molar-refractivity contribution is 7.99. The number of aryl methyl sites for hydroxylation is 1. The second-order valence-electron chi connectivity index (χ2n) is 6.22. The van der Waals surface area contributed by atoms with Crippen molar-refractivity contribution in [1.82, 2.24) is 9.55 Å². The zero-order valence-corrected chi connectivity index (χ0v) is 15.5. The highest BCUT2D eigenvalue weighted by Gasteiger charge is 2.26. The van der Waals surface area contributed by atoms with Crippen LogP contribution in [0.3, 0.4) is 0 Å². The molecule has 1 atom stereocenters. The lowest BCUT2D eigenvalue weighted by molar-refractivity contribution is 0.601. The van der Waals surface area contributed by atoms with Crippen molar-refractivity contribution in [3.8, 4) is 5.69 Å². The Balaban J connectivity index is 2.07. The monoisotopic (exact) mass is 356 g/mol. The molecule has 0 saturated carbocycles. The average Bonchev–Trinajstić information content (AvgIpc) is 2.96. The van der Waals surface area contributed by atoms with Crippen molar-refractivity contribution < 1.29 is 0 Å². The van der Waals surface area contributed by atoms with Crippen LogP contribution >= 0.6 is 23.1 Å². The lowest BCUT2D eigenvalue weighted by Crippen LogP contribution is -2.22. The first-order valence-electron chi connectivity index (χ1n) is 8.47. The van der Waals surface area contributed by atoms with E-state index in [0.717, 1.165) is 39.7 Å². The van der Waals surface area contributed by atoms with Crippen molar-refractivity contribution in [3.63, 3.8) is 0 Å². The second kappa shape index (κ2) is 6.37. The van der Waals surface area contributed by atoms with Crippen molar-refractivity contribution in [3.05, 3.63) is 51.1 Å². The summed E-state index contributed by atoms with van der Waals surface area (Å²) in [6, 6.07) is 9.88. The Bertz CT molecular complexity index is 943. The van der Waals surface area contributed by atoms with E-state index >= 15 is 0 Å². The number of thiophene rings is 1. The van der Waals surface area contributed by atoms with E-state index in [1.165, 1.54) is 16.9 Å².